The number of fused-ring (bicyclic) bond motifs is 2. The first-order valence-electron chi connectivity index (χ1n) is 11.4. The van der Waals surface area contributed by atoms with Crippen LogP contribution in [0.25, 0.3) is 21.8 Å². The van der Waals surface area contributed by atoms with E-state index in [1.807, 2.05) is 30.3 Å². The van der Waals surface area contributed by atoms with Gasteiger partial charge in [0.1, 0.15) is 0 Å². The van der Waals surface area contributed by atoms with Gasteiger partial charge in [0, 0.05) is 59.4 Å². The van der Waals surface area contributed by atoms with Gasteiger partial charge in [0.15, 0.2) is 0 Å². The van der Waals surface area contributed by atoms with Gasteiger partial charge >= 0.3 is 0 Å². The van der Waals surface area contributed by atoms with Crippen LogP contribution in [0, 0.1) is 22.7 Å². The van der Waals surface area contributed by atoms with Crippen LogP contribution in [0.3, 0.4) is 0 Å². The molecule has 1 aliphatic heterocycles. The summed E-state index contributed by atoms with van der Waals surface area (Å²) in [7, 11) is 0. The van der Waals surface area contributed by atoms with Gasteiger partial charge in [-0.2, -0.15) is 10.5 Å². The molecule has 4 aromatic rings. The molecule has 0 amide bonds. The number of likely N-dealkylation sites (tertiary alicyclic amines) is 1. The Morgan fingerprint density at radius 2 is 1.78 bits per heavy atom. The maximum absolute atomic E-state index is 9.27. The van der Waals surface area contributed by atoms with Crippen LogP contribution >= 0.6 is 0 Å². The molecule has 1 N–H and O–H groups in total. The van der Waals surface area contributed by atoms with E-state index in [2.05, 4.69) is 58.0 Å². The summed E-state index contributed by atoms with van der Waals surface area (Å²) >= 11 is 0. The minimum Gasteiger partial charge on any atom is -0.361 e. The zero-order valence-corrected chi connectivity index (χ0v) is 18.4. The predicted molar refractivity (Wildman–Crippen MR) is 127 cm³/mol. The van der Waals surface area contributed by atoms with E-state index in [0.29, 0.717) is 17.6 Å². The highest BCUT2D eigenvalue weighted by Crippen LogP contribution is 2.30. The number of H-pyrrole nitrogens is 1. The van der Waals surface area contributed by atoms with Crippen molar-refractivity contribution in [3.05, 3.63) is 71.5 Å². The number of benzene rings is 2. The van der Waals surface area contributed by atoms with Crippen LogP contribution < -0.4 is 0 Å². The third-order valence-electron chi connectivity index (χ3n) is 7.08. The maximum atomic E-state index is 9.27. The van der Waals surface area contributed by atoms with Gasteiger partial charge in [-0.25, -0.2) is 0 Å². The Balaban J connectivity index is 1.29. The molecule has 5 heteroatoms. The zero-order valence-electron chi connectivity index (χ0n) is 18.4. The van der Waals surface area contributed by atoms with Gasteiger partial charge in [0.25, 0.3) is 0 Å². The molecular formula is C27H27N5. The van der Waals surface area contributed by atoms with Gasteiger partial charge in [-0.05, 0) is 73.7 Å². The lowest BCUT2D eigenvalue weighted by Crippen LogP contribution is -2.42. The normalized spacial score (nSPS) is 16.2. The van der Waals surface area contributed by atoms with Gasteiger partial charge in [0.2, 0.25) is 0 Å². The molecule has 2 aromatic heterocycles. The molecule has 0 saturated carbocycles. The van der Waals surface area contributed by atoms with Crippen molar-refractivity contribution in [1.82, 2.24) is 14.5 Å². The van der Waals surface area contributed by atoms with Crippen molar-refractivity contribution in [3.63, 3.8) is 0 Å². The summed E-state index contributed by atoms with van der Waals surface area (Å²) in [4.78, 5) is 6.01. The smallest absolute Gasteiger partial charge is 0.0991 e. The number of aromatic nitrogens is 2. The lowest BCUT2D eigenvalue weighted by atomic mass is 9.97. The Bertz CT molecular complexity index is 1340. The van der Waals surface area contributed by atoms with Crippen molar-refractivity contribution < 1.29 is 0 Å². The van der Waals surface area contributed by atoms with Crippen molar-refractivity contribution in [2.75, 3.05) is 13.1 Å². The molecule has 0 spiro atoms. The summed E-state index contributed by atoms with van der Waals surface area (Å²) in [6.45, 7) is 4.45. The first-order valence-corrected chi connectivity index (χ1v) is 11.4. The Labute approximate surface area is 188 Å². The molecule has 1 saturated heterocycles. The van der Waals surface area contributed by atoms with E-state index in [-0.39, 0.29) is 0 Å². The maximum Gasteiger partial charge on any atom is 0.0991 e. The third-order valence-corrected chi connectivity index (χ3v) is 7.08. The number of hydrogen-bond donors (Lipinski definition) is 1. The Kier molecular flexibility index (Phi) is 5.43. The van der Waals surface area contributed by atoms with E-state index in [0.717, 1.165) is 55.2 Å². The number of hydrogen-bond acceptors (Lipinski definition) is 3. The minimum absolute atomic E-state index is 0.500. The second-order valence-corrected chi connectivity index (χ2v) is 8.83. The monoisotopic (exact) mass is 421 g/mol. The fraction of sp³-hybridized carbons (Fsp3) is 0.333. The zero-order chi connectivity index (χ0) is 22.1. The minimum atomic E-state index is 0.500. The number of nitrogens with zero attached hydrogens (tertiary/aromatic N) is 4. The van der Waals surface area contributed by atoms with Crippen molar-refractivity contribution in [2.24, 2.45) is 0 Å². The highest BCUT2D eigenvalue weighted by atomic mass is 15.2. The lowest BCUT2D eigenvalue weighted by molar-refractivity contribution is 0.132. The topological polar surface area (TPSA) is 71.5 Å². The van der Waals surface area contributed by atoms with E-state index < -0.39 is 0 Å². The average Bonchev–Trinajstić information content (AvgIpc) is 3.45. The number of aromatic amines is 1. The largest absolute Gasteiger partial charge is 0.361 e. The van der Waals surface area contributed by atoms with Crippen LogP contribution in [0.15, 0.2) is 54.9 Å². The van der Waals surface area contributed by atoms with E-state index in [4.69, 9.17) is 5.26 Å². The van der Waals surface area contributed by atoms with Gasteiger partial charge in [-0.15, -0.1) is 0 Å². The second kappa shape index (κ2) is 8.54. The van der Waals surface area contributed by atoms with Crippen molar-refractivity contribution in [2.45, 2.75) is 44.7 Å². The van der Waals surface area contributed by atoms with Crippen molar-refractivity contribution in [3.8, 4) is 12.1 Å². The highest BCUT2D eigenvalue weighted by molar-refractivity contribution is 5.84. The van der Waals surface area contributed by atoms with Crippen molar-refractivity contribution in [1.29, 1.82) is 10.5 Å². The van der Waals surface area contributed by atoms with Crippen LogP contribution in [-0.4, -0.2) is 33.6 Å². The first kappa shape index (κ1) is 20.4. The standard InChI is InChI=1S/C27H27N5/c1-2-23(15-22-18-30-26-5-3-20(17-29)14-25(22)26)31-10-8-24(9-11-31)32-12-7-21-13-19(16-28)4-6-27(21)32/h3-7,12-14,18,23-24,30H,2,8-11,15H2,1H3. The van der Waals surface area contributed by atoms with Crippen LogP contribution in [0.4, 0.5) is 0 Å². The second-order valence-electron chi connectivity index (χ2n) is 8.83. The molecule has 0 aliphatic carbocycles. The Morgan fingerprint density at radius 3 is 2.53 bits per heavy atom. The SMILES string of the molecule is CCC(Cc1c[nH]c2ccc(C#N)cc12)N1CCC(n2ccc3cc(C#N)ccc32)CC1. The molecule has 1 aliphatic rings. The van der Waals surface area contributed by atoms with Crippen LogP contribution in [0.5, 0.6) is 0 Å². The molecular weight excluding hydrogens is 394 g/mol. The van der Waals surface area contributed by atoms with E-state index in [9.17, 15) is 5.26 Å². The third kappa shape index (κ3) is 3.66. The van der Waals surface area contributed by atoms with E-state index >= 15 is 0 Å². The summed E-state index contributed by atoms with van der Waals surface area (Å²) in [5.74, 6) is 0. The Hall–Kier alpha value is -3.54. The fourth-order valence-corrected chi connectivity index (χ4v) is 5.28. The quantitative estimate of drug-likeness (QED) is 0.461. The van der Waals surface area contributed by atoms with Gasteiger partial charge in [-0.3, -0.25) is 4.90 Å². The first-order chi connectivity index (χ1) is 15.7. The van der Waals surface area contributed by atoms with Gasteiger partial charge in [0.05, 0.1) is 23.3 Å². The molecule has 32 heavy (non-hydrogen) atoms. The summed E-state index contributed by atoms with van der Waals surface area (Å²) in [6, 6.07) is 19.5. The van der Waals surface area contributed by atoms with Gasteiger partial charge in [-0.1, -0.05) is 6.92 Å². The number of nitriles is 2. The summed E-state index contributed by atoms with van der Waals surface area (Å²) in [5, 5.41) is 20.7. The van der Waals surface area contributed by atoms with Crippen LogP contribution in [0.1, 0.15) is 48.9 Å². The average molecular weight is 422 g/mol. The molecule has 3 heterocycles. The molecule has 1 atom stereocenters. The molecule has 5 nitrogen and oxygen atoms in total. The predicted octanol–water partition coefficient (Wildman–Crippen LogP) is 5.52. The molecule has 2 aromatic carbocycles. The van der Waals surface area contributed by atoms with Crippen LogP contribution in [-0.2, 0) is 6.42 Å². The number of nitrogens with one attached hydrogen (secondary N) is 1. The molecule has 1 fully saturated rings. The van der Waals surface area contributed by atoms with Crippen LogP contribution in [0.2, 0.25) is 0 Å². The molecule has 0 bridgehead atoms. The number of rotatable bonds is 5. The summed E-state index contributed by atoms with van der Waals surface area (Å²) < 4.78 is 2.40. The van der Waals surface area contributed by atoms with Crippen molar-refractivity contribution >= 4 is 21.8 Å². The lowest BCUT2D eigenvalue weighted by Gasteiger charge is -2.38. The van der Waals surface area contributed by atoms with Gasteiger partial charge < -0.3 is 9.55 Å². The molecule has 160 valence electrons. The number of piperidine rings is 1. The fourth-order valence-electron chi connectivity index (χ4n) is 5.28. The summed E-state index contributed by atoms with van der Waals surface area (Å²) in [5.41, 5.74) is 5.06. The van der Waals surface area contributed by atoms with E-state index in [1.165, 1.54) is 16.5 Å². The molecule has 5 rings (SSSR count). The van der Waals surface area contributed by atoms with E-state index in [1.54, 1.807) is 0 Å². The Morgan fingerprint density at radius 1 is 1.03 bits per heavy atom. The molecule has 1 unspecified atom stereocenters. The molecule has 0 radical (unpaired) electrons. The highest BCUT2D eigenvalue weighted by Gasteiger charge is 2.26. The summed E-state index contributed by atoms with van der Waals surface area (Å²) in [6.07, 6.45) is 8.67.